The van der Waals surface area contributed by atoms with E-state index in [9.17, 15) is 0 Å². The molecule has 0 N–H and O–H groups in total. The van der Waals surface area contributed by atoms with Gasteiger partial charge in [-0.1, -0.05) is 131 Å². The Morgan fingerprint density at radius 1 is 0.500 bits per heavy atom. The highest BCUT2D eigenvalue weighted by Crippen LogP contribution is 2.78. The SMILES string of the molecule is CC(c1ccc(C(C)C2C(Cl)C3(Cl)C(Cl)=C(Cl)C2(Cl)C3(Cl)Cl)cc1)C1C(Cl)C2(Cl)C(Cl)=C(Cl)C1(Cl)C2(Cl)Cl. The molecule has 2 saturated carbocycles. The average Bonchev–Trinajstić information content (AvgIpc) is 3.17. The normalized spacial score (nSPS) is 46.3. The van der Waals surface area contributed by atoms with Gasteiger partial charge in [0, 0.05) is 11.8 Å². The molecule has 0 aliphatic heterocycles. The zero-order valence-corrected chi connectivity index (χ0v) is 29.6. The van der Waals surface area contributed by atoms with Gasteiger partial charge in [0.15, 0.2) is 8.67 Å². The highest BCUT2D eigenvalue weighted by atomic mass is 35.5. The smallest absolute Gasteiger partial charge is 0.120 e. The molecule has 14 heteroatoms. The largest absolute Gasteiger partial charge is 0.168 e. The molecule has 0 nitrogen and oxygen atoms in total. The lowest BCUT2D eigenvalue weighted by Gasteiger charge is -2.39. The lowest BCUT2D eigenvalue weighted by Crippen LogP contribution is -2.45. The summed E-state index contributed by atoms with van der Waals surface area (Å²) in [5.74, 6) is -1.62. The van der Waals surface area contributed by atoms with Gasteiger partial charge in [0.1, 0.15) is 19.5 Å². The van der Waals surface area contributed by atoms with E-state index in [1.165, 1.54) is 0 Å². The van der Waals surface area contributed by atoms with Gasteiger partial charge in [-0.15, -0.1) is 69.6 Å². The van der Waals surface area contributed by atoms with Gasteiger partial charge < -0.3 is 0 Å². The fourth-order valence-corrected chi connectivity index (χ4v) is 14.4. The van der Waals surface area contributed by atoms with Gasteiger partial charge in [-0.2, -0.15) is 0 Å². The third kappa shape index (κ3) is 3.33. The summed E-state index contributed by atoms with van der Waals surface area (Å²) in [6, 6.07) is 7.74. The summed E-state index contributed by atoms with van der Waals surface area (Å²) >= 11 is 94.1. The van der Waals surface area contributed by atoms with Crippen molar-refractivity contribution < 1.29 is 0 Å². The van der Waals surface area contributed by atoms with E-state index in [1.807, 2.05) is 38.1 Å². The van der Waals surface area contributed by atoms with E-state index in [1.54, 1.807) is 0 Å². The Hall–Kier alpha value is 2.76. The van der Waals surface area contributed by atoms with E-state index < -0.39 is 50.8 Å². The number of fused-ring (bicyclic) bond motifs is 4. The number of hydrogen-bond acceptors (Lipinski definition) is 0. The van der Waals surface area contributed by atoms with Crippen molar-refractivity contribution >= 4 is 162 Å². The van der Waals surface area contributed by atoms with Gasteiger partial charge in [0.25, 0.3) is 0 Å². The van der Waals surface area contributed by atoms with Gasteiger partial charge in [0.05, 0.1) is 30.9 Å². The van der Waals surface area contributed by atoms with Crippen LogP contribution in [0.4, 0.5) is 0 Å². The molecule has 0 radical (unpaired) electrons. The fourth-order valence-electron chi connectivity index (χ4n) is 6.63. The van der Waals surface area contributed by atoms with Crippen LogP contribution in [-0.4, -0.2) is 38.9 Å². The maximum absolute atomic E-state index is 7.03. The van der Waals surface area contributed by atoms with E-state index in [2.05, 4.69) is 0 Å². The number of halogens is 14. The highest BCUT2D eigenvalue weighted by molar-refractivity contribution is 6.68. The first-order valence-corrected chi connectivity index (χ1v) is 16.7. The molecule has 10 unspecified atom stereocenters. The summed E-state index contributed by atoms with van der Waals surface area (Å²) in [5, 5.41) is -1.29. The lowest BCUT2D eigenvalue weighted by molar-refractivity contribution is 0.398. The molecule has 4 bridgehead atoms. The first-order chi connectivity index (χ1) is 17.2. The molecule has 1 aromatic carbocycles. The van der Waals surface area contributed by atoms with Crippen molar-refractivity contribution in [2.75, 3.05) is 0 Å². The molecule has 210 valence electrons. The van der Waals surface area contributed by atoms with Crippen molar-refractivity contribution in [3.8, 4) is 0 Å². The van der Waals surface area contributed by atoms with Crippen LogP contribution in [0.2, 0.25) is 0 Å². The molecular formula is C24H16Cl14. The molecule has 38 heavy (non-hydrogen) atoms. The Morgan fingerprint density at radius 2 is 0.737 bits per heavy atom. The van der Waals surface area contributed by atoms with Crippen molar-refractivity contribution in [2.45, 2.75) is 64.6 Å². The van der Waals surface area contributed by atoms with E-state index in [0.29, 0.717) is 0 Å². The number of rotatable bonds is 4. The van der Waals surface area contributed by atoms with Crippen molar-refractivity contribution in [1.29, 1.82) is 0 Å². The predicted octanol–water partition coefficient (Wildman–Crippen LogP) is 12.0. The molecule has 0 spiro atoms. The van der Waals surface area contributed by atoms with E-state index in [-0.39, 0.29) is 32.0 Å². The lowest BCUT2D eigenvalue weighted by atomic mass is 9.76. The van der Waals surface area contributed by atoms with Gasteiger partial charge in [0.2, 0.25) is 0 Å². The molecule has 0 aromatic heterocycles. The van der Waals surface area contributed by atoms with E-state index in [0.717, 1.165) is 11.1 Å². The van der Waals surface area contributed by atoms with Crippen molar-refractivity contribution in [3.05, 3.63) is 55.5 Å². The molecule has 0 heterocycles. The third-order valence-electron chi connectivity index (χ3n) is 8.87. The summed E-state index contributed by atoms with van der Waals surface area (Å²) in [6.45, 7) is 3.90. The number of allylic oxidation sites excluding steroid dienone is 4. The van der Waals surface area contributed by atoms with Crippen molar-refractivity contribution in [1.82, 2.24) is 0 Å². The topological polar surface area (TPSA) is 0 Å². The second kappa shape index (κ2) is 9.63. The van der Waals surface area contributed by atoms with Crippen LogP contribution in [0.5, 0.6) is 0 Å². The van der Waals surface area contributed by atoms with Gasteiger partial charge in [-0.25, -0.2) is 0 Å². The Balaban J connectivity index is 1.47. The molecule has 0 saturated heterocycles. The van der Waals surface area contributed by atoms with Crippen LogP contribution in [0.3, 0.4) is 0 Å². The summed E-state index contributed by atoms with van der Waals surface area (Å²) in [7, 11) is 0. The van der Waals surface area contributed by atoms with Crippen LogP contribution in [0, 0.1) is 11.8 Å². The summed E-state index contributed by atoms with van der Waals surface area (Å²) in [5.41, 5.74) is 1.79. The monoisotopic (exact) mass is 794 g/mol. The van der Waals surface area contributed by atoms with Crippen molar-refractivity contribution in [2.24, 2.45) is 11.8 Å². The van der Waals surface area contributed by atoms with Gasteiger partial charge >= 0.3 is 0 Å². The van der Waals surface area contributed by atoms with Crippen LogP contribution in [0.25, 0.3) is 0 Å². The maximum atomic E-state index is 7.03. The summed E-state index contributed by atoms with van der Waals surface area (Å²) in [4.78, 5) is -6.07. The van der Waals surface area contributed by atoms with Crippen LogP contribution < -0.4 is 0 Å². The number of alkyl halides is 10. The minimum Gasteiger partial charge on any atom is -0.120 e. The Morgan fingerprint density at radius 3 is 0.974 bits per heavy atom. The van der Waals surface area contributed by atoms with Crippen LogP contribution >= 0.6 is 162 Å². The molecule has 4 aliphatic rings. The molecular weight excluding hydrogens is 785 g/mol. The van der Waals surface area contributed by atoms with E-state index in [4.69, 9.17) is 162 Å². The first kappa shape index (κ1) is 32.2. The predicted molar refractivity (Wildman–Crippen MR) is 170 cm³/mol. The van der Waals surface area contributed by atoms with Crippen LogP contribution in [-0.2, 0) is 0 Å². The van der Waals surface area contributed by atoms with Crippen LogP contribution in [0.15, 0.2) is 44.4 Å². The van der Waals surface area contributed by atoms with Gasteiger partial charge in [-0.3, -0.25) is 0 Å². The van der Waals surface area contributed by atoms with E-state index >= 15 is 0 Å². The highest BCUT2D eigenvalue weighted by Gasteiger charge is 2.84. The first-order valence-electron chi connectivity index (χ1n) is 11.2. The fraction of sp³-hybridized carbons (Fsp3) is 0.583. The second-order valence-corrected chi connectivity index (χ2v) is 17.8. The zero-order chi connectivity index (χ0) is 28.8. The quantitative estimate of drug-likeness (QED) is 0.266. The molecule has 1 aromatic rings. The third-order valence-corrected chi connectivity index (χ3v) is 18.8. The molecule has 4 aliphatic carbocycles. The van der Waals surface area contributed by atoms with Gasteiger partial charge in [-0.05, 0) is 23.0 Å². The minimum absolute atomic E-state index is 0.0597. The minimum atomic E-state index is -1.73. The van der Waals surface area contributed by atoms with Crippen molar-refractivity contribution in [3.63, 3.8) is 0 Å². The standard InChI is InChI=1S/C24H16Cl14/c1-7(11-13(25)21(33)17(29)15(27)19(11,31)23(21,35)36)9-3-5-10(6-4-9)8(2)12-14(26)22(34)18(30)16(28)20(12,32)24(22,37)38/h3-8,11-14H,1-2H3. The van der Waals surface area contributed by atoms with Crippen LogP contribution in [0.1, 0.15) is 36.8 Å². The Kier molecular flexibility index (Phi) is 8.15. The molecule has 10 atom stereocenters. The molecule has 2 fully saturated rings. The molecule has 5 rings (SSSR count). The zero-order valence-electron chi connectivity index (χ0n) is 19.1. The number of hydrogen-bond donors (Lipinski definition) is 0. The summed E-state index contributed by atoms with van der Waals surface area (Å²) < 4.78 is -3.46. The maximum Gasteiger partial charge on any atom is 0.168 e. The second-order valence-electron chi connectivity index (χ2n) is 10.4. The Bertz CT molecular complexity index is 1170. The Labute approximate surface area is 291 Å². The number of benzene rings is 1. The average molecular weight is 801 g/mol. The molecule has 0 amide bonds. The summed E-state index contributed by atoms with van der Waals surface area (Å²) in [6.07, 6.45) is 0.